The molecule has 0 bridgehead atoms. The van der Waals surface area contributed by atoms with Gasteiger partial charge in [-0.05, 0) is 37.8 Å². The Kier molecular flexibility index (Phi) is 4.54. The van der Waals surface area contributed by atoms with Crippen molar-refractivity contribution in [3.8, 4) is 0 Å². The van der Waals surface area contributed by atoms with Crippen molar-refractivity contribution in [3.05, 3.63) is 21.3 Å². The highest BCUT2D eigenvalue weighted by molar-refractivity contribution is 7.16. The van der Waals surface area contributed by atoms with Crippen LogP contribution in [0, 0.1) is 5.92 Å². The highest BCUT2D eigenvalue weighted by Crippen LogP contribution is 2.32. The lowest BCUT2D eigenvalue weighted by Gasteiger charge is -2.36. The molecule has 0 radical (unpaired) electrons. The van der Waals surface area contributed by atoms with Crippen LogP contribution in [0.5, 0.6) is 0 Å². The molecule has 3 unspecified atom stereocenters. The van der Waals surface area contributed by atoms with Gasteiger partial charge in [-0.2, -0.15) is 0 Å². The molecule has 19 heavy (non-hydrogen) atoms. The highest BCUT2D eigenvalue weighted by atomic mass is 35.5. The predicted molar refractivity (Wildman–Crippen MR) is 80.4 cm³/mol. The number of carbonyl (C=O) groups excluding carboxylic acids is 1. The molecule has 2 rings (SSSR count). The van der Waals surface area contributed by atoms with Crippen molar-refractivity contribution in [2.45, 2.75) is 51.1 Å². The molecule has 0 saturated heterocycles. The number of amides is 1. The smallest absolute Gasteiger partial charge is 0.240 e. The number of nitrogens with two attached hydrogens (primary N) is 1. The van der Waals surface area contributed by atoms with Crippen LogP contribution in [0.15, 0.2) is 12.1 Å². The Bertz CT molecular complexity index is 462. The molecule has 1 aromatic heterocycles. The van der Waals surface area contributed by atoms with E-state index < -0.39 is 5.54 Å². The highest BCUT2D eigenvalue weighted by Gasteiger charge is 2.38. The van der Waals surface area contributed by atoms with Crippen LogP contribution in [-0.2, 0) is 4.79 Å². The van der Waals surface area contributed by atoms with Crippen LogP contribution in [0.25, 0.3) is 0 Å². The van der Waals surface area contributed by atoms with E-state index in [0.717, 1.165) is 28.5 Å². The quantitative estimate of drug-likeness (QED) is 0.898. The number of carbonyl (C=O) groups is 1. The SMILES string of the molecule is CC1CCCC(N)(C(=O)NC(C)c2ccc(Cl)s2)C1. The molecule has 1 aliphatic carbocycles. The summed E-state index contributed by atoms with van der Waals surface area (Å²) in [5, 5.41) is 3.03. The number of nitrogens with one attached hydrogen (secondary N) is 1. The second kappa shape index (κ2) is 5.81. The molecule has 0 aromatic carbocycles. The van der Waals surface area contributed by atoms with Gasteiger partial charge in [0.05, 0.1) is 15.9 Å². The first-order valence-electron chi connectivity index (χ1n) is 6.76. The number of hydrogen-bond donors (Lipinski definition) is 2. The van der Waals surface area contributed by atoms with Crippen LogP contribution in [0.1, 0.15) is 50.4 Å². The second-order valence-electron chi connectivity index (χ2n) is 5.69. The summed E-state index contributed by atoms with van der Waals surface area (Å²) in [6, 6.07) is 3.76. The summed E-state index contributed by atoms with van der Waals surface area (Å²) >= 11 is 7.41. The zero-order valence-corrected chi connectivity index (χ0v) is 13.0. The van der Waals surface area contributed by atoms with Gasteiger partial charge in [0, 0.05) is 4.88 Å². The van der Waals surface area contributed by atoms with Crippen molar-refractivity contribution in [1.82, 2.24) is 5.32 Å². The maximum Gasteiger partial charge on any atom is 0.240 e. The van der Waals surface area contributed by atoms with Gasteiger partial charge in [-0.25, -0.2) is 0 Å². The van der Waals surface area contributed by atoms with E-state index in [9.17, 15) is 4.79 Å². The first-order valence-corrected chi connectivity index (χ1v) is 7.95. The molecule has 0 spiro atoms. The van der Waals surface area contributed by atoms with Crippen molar-refractivity contribution in [3.63, 3.8) is 0 Å². The van der Waals surface area contributed by atoms with Crippen LogP contribution < -0.4 is 11.1 Å². The number of thiophene rings is 1. The van der Waals surface area contributed by atoms with E-state index in [0.29, 0.717) is 5.92 Å². The van der Waals surface area contributed by atoms with Crippen LogP contribution in [0.4, 0.5) is 0 Å². The van der Waals surface area contributed by atoms with E-state index in [1.54, 1.807) is 0 Å². The number of rotatable bonds is 3. The van der Waals surface area contributed by atoms with E-state index >= 15 is 0 Å². The number of halogens is 1. The predicted octanol–water partition coefficient (Wildman–Crippen LogP) is 3.49. The van der Waals surface area contributed by atoms with Crippen LogP contribution in [0.2, 0.25) is 4.34 Å². The lowest BCUT2D eigenvalue weighted by Crippen LogP contribution is -2.56. The molecule has 1 amide bonds. The molecule has 3 atom stereocenters. The fourth-order valence-corrected chi connectivity index (χ4v) is 3.83. The monoisotopic (exact) mass is 300 g/mol. The summed E-state index contributed by atoms with van der Waals surface area (Å²) in [5.41, 5.74) is 5.59. The van der Waals surface area contributed by atoms with Crippen LogP contribution in [0.3, 0.4) is 0 Å². The van der Waals surface area contributed by atoms with Crippen molar-refractivity contribution in [2.75, 3.05) is 0 Å². The van der Waals surface area contributed by atoms with Gasteiger partial charge in [0.2, 0.25) is 5.91 Å². The van der Waals surface area contributed by atoms with E-state index in [4.69, 9.17) is 17.3 Å². The van der Waals surface area contributed by atoms with Gasteiger partial charge in [0.15, 0.2) is 0 Å². The summed E-state index contributed by atoms with van der Waals surface area (Å²) in [5.74, 6) is 0.493. The molecule has 3 nitrogen and oxygen atoms in total. The Balaban J connectivity index is 2.00. The van der Waals surface area contributed by atoms with Crippen molar-refractivity contribution in [1.29, 1.82) is 0 Å². The second-order valence-corrected chi connectivity index (χ2v) is 7.44. The standard InChI is InChI=1S/C14H21ClN2OS/c1-9-4-3-7-14(16,8-9)13(18)17-10(2)11-5-6-12(15)19-11/h5-6,9-10H,3-4,7-8,16H2,1-2H3,(H,17,18). The summed E-state index contributed by atoms with van der Waals surface area (Å²) in [7, 11) is 0. The molecular weight excluding hydrogens is 280 g/mol. The Labute approximate surface area is 123 Å². The third-order valence-electron chi connectivity index (χ3n) is 3.85. The van der Waals surface area contributed by atoms with Gasteiger partial charge in [-0.1, -0.05) is 31.4 Å². The zero-order chi connectivity index (χ0) is 14.0. The minimum atomic E-state index is -0.701. The van der Waals surface area contributed by atoms with Gasteiger partial charge in [0.25, 0.3) is 0 Å². The molecule has 0 aliphatic heterocycles. The lowest BCUT2D eigenvalue weighted by molar-refractivity contribution is -0.128. The van der Waals surface area contributed by atoms with E-state index in [-0.39, 0.29) is 11.9 Å². The van der Waals surface area contributed by atoms with Gasteiger partial charge in [0.1, 0.15) is 0 Å². The van der Waals surface area contributed by atoms with Gasteiger partial charge in [-0.3, -0.25) is 4.79 Å². The van der Waals surface area contributed by atoms with E-state index in [1.165, 1.54) is 17.8 Å². The zero-order valence-electron chi connectivity index (χ0n) is 11.4. The minimum absolute atomic E-state index is 0.0314. The normalized spacial score (nSPS) is 28.9. The summed E-state index contributed by atoms with van der Waals surface area (Å²) in [6.07, 6.45) is 3.75. The fraction of sp³-hybridized carbons (Fsp3) is 0.643. The molecule has 3 N–H and O–H groups in total. The third kappa shape index (κ3) is 3.50. The Hall–Kier alpha value is -0.580. The van der Waals surface area contributed by atoms with Gasteiger partial charge < -0.3 is 11.1 Å². The van der Waals surface area contributed by atoms with Gasteiger partial charge in [-0.15, -0.1) is 11.3 Å². The number of hydrogen-bond acceptors (Lipinski definition) is 3. The van der Waals surface area contributed by atoms with E-state index in [2.05, 4.69) is 12.2 Å². The Morgan fingerprint density at radius 2 is 2.37 bits per heavy atom. The topological polar surface area (TPSA) is 55.1 Å². The largest absolute Gasteiger partial charge is 0.347 e. The van der Waals surface area contributed by atoms with Gasteiger partial charge >= 0.3 is 0 Å². The maximum atomic E-state index is 12.4. The van der Waals surface area contributed by atoms with Crippen molar-refractivity contribution < 1.29 is 4.79 Å². The molecule has 1 fully saturated rings. The first-order chi connectivity index (χ1) is 8.90. The summed E-state index contributed by atoms with van der Waals surface area (Å²) in [6.45, 7) is 4.13. The van der Waals surface area contributed by atoms with E-state index in [1.807, 2.05) is 19.1 Å². The van der Waals surface area contributed by atoms with Crippen molar-refractivity contribution in [2.24, 2.45) is 11.7 Å². The lowest BCUT2D eigenvalue weighted by atomic mass is 9.76. The molecule has 106 valence electrons. The Morgan fingerprint density at radius 3 is 2.95 bits per heavy atom. The summed E-state index contributed by atoms with van der Waals surface area (Å²) < 4.78 is 0.741. The summed E-state index contributed by atoms with van der Waals surface area (Å²) in [4.78, 5) is 13.5. The minimum Gasteiger partial charge on any atom is -0.347 e. The molecule has 1 aromatic rings. The van der Waals surface area contributed by atoms with Crippen molar-refractivity contribution >= 4 is 28.8 Å². The third-order valence-corrected chi connectivity index (χ3v) is 5.27. The fourth-order valence-electron chi connectivity index (χ4n) is 2.77. The Morgan fingerprint density at radius 1 is 1.63 bits per heavy atom. The average Bonchev–Trinajstić information content (AvgIpc) is 2.75. The molecular formula is C14H21ClN2OS. The van der Waals surface area contributed by atoms with Crippen LogP contribution in [-0.4, -0.2) is 11.4 Å². The maximum absolute atomic E-state index is 12.4. The van der Waals surface area contributed by atoms with Crippen LogP contribution >= 0.6 is 22.9 Å². The average molecular weight is 301 g/mol. The molecule has 1 aliphatic rings. The molecule has 1 heterocycles. The first kappa shape index (κ1) is 14.8. The molecule has 5 heteroatoms. The molecule has 1 saturated carbocycles.